The first-order chi connectivity index (χ1) is 10.5. The summed E-state index contributed by atoms with van der Waals surface area (Å²) in [5.74, 6) is 1.84. The molecule has 0 saturated carbocycles. The summed E-state index contributed by atoms with van der Waals surface area (Å²) < 4.78 is 0. The van der Waals surface area contributed by atoms with Gasteiger partial charge in [0.15, 0.2) is 5.96 Å². The van der Waals surface area contributed by atoms with Crippen molar-refractivity contribution in [1.29, 1.82) is 0 Å². The third-order valence-corrected chi connectivity index (χ3v) is 4.68. The maximum absolute atomic E-state index is 4.29. The number of nitrogens with one attached hydrogen (secondary N) is 2. The number of aliphatic imine (C=N–C) groups is 1. The molecule has 0 aromatic carbocycles. The molecule has 1 aliphatic rings. The molecule has 130 valence electrons. The van der Waals surface area contributed by atoms with Crippen LogP contribution in [0, 0.1) is 5.92 Å². The maximum Gasteiger partial charge on any atom is 0.191 e. The molecule has 0 aromatic heterocycles. The minimum absolute atomic E-state index is 0.587. The van der Waals surface area contributed by atoms with Crippen molar-refractivity contribution in [2.45, 2.75) is 46.1 Å². The Bertz CT molecular complexity index is 308. The highest BCUT2D eigenvalue weighted by Gasteiger charge is 2.14. The monoisotopic (exact) mass is 311 g/mol. The van der Waals surface area contributed by atoms with Gasteiger partial charge in [-0.05, 0) is 65.7 Å². The molecular weight excluding hydrogens is 274 g/mol. The minimum Gasteiger partial charge on any atom is -0.356 e. The van der Waals surface area contributed by atoms with Crippen molar-refractivity contribution >= 4 is 5.96 Å². The highest BCUT2D eigenvalue weighted by atomic mass is 15.2. The summed E-state index contributed by atoms with van der Waals surface area (Å²) in [6, 6.07) is 0.587. The fourth-order valence-electron chi connectivity index (χ4n) is 2.62. The van der Waals surface area contributed by atoms with Gasteiger partial charge < -0.3 is 20.4 Å². The molecule has 22 heavy (non-hydrogen) atoms. The molecule has 0 aromatic rings. The molecule has 5 nitrogen and oxygen atoms in total. The van der Waals surface area contributed by atoms with Crippen LogP contribution < -0.4 is 10.6 Å². The van der Waals surface area contributed by atoms with Gasteiger partial charge in [0, 0.05) is 32.7 Å². The van der Waals surface area contributed by atoms with E-state index in [0.717, 1.165) is 31.5 Å². The van der Waals surface area contributed by atoms with Crippen molar-refractivity contribution in [2.75, 3.05) is 53.4 Å². The van der Waals surface area contributed by atoms with Gasteiger partial charge >= 0.3 is 0 Å². The summed E-state index contributed by atoms with van der Waals surface area (Å²) in [5, 5.41) is 6.80. The van der Waals surface area contributed by atoms with Crippen LogP contribution in [0.25, 0.3) is 0 Å². The van der Waals surface area contributed by atoms with E-state index in [0.29, 0.717) is 6.04 Å². The van der Waals surface area contributed by atoms with E-state index >= 15 is 0 Å². The Balaban J connectivity index is 2.06. The molecule has 0 unspecified atom stereocenters. The highest BCUT2D eigenvalue weighted by Crippen LogP contribution is 2.15. The molecule has 0 aliphatic carbocycles. The van der Waals surface area contributed by atoms with Crippen molar-refractivity contribution in [1.82, 2.24) is 20.4 Å². The van der Waals surface area contributed by atoms with E-state index in [1.54, 1.807) is 0 Å². The van der Waals surface area contributed by atoms with Gasteiger partial charge in [0.05, 0.1) is 0 Å². The topological polar surface area (TPSA) is 42.9 Å². The first kappa shape index (κ1) is 19.2. The summed E-state index contributed by atoms with van der Waals surface area (Å²) in [6.45, 7) is 13.5. The summed E-state index contributed by atoms with van der Waals surface area (Å²) >= 11 is 0. The lowest BCUT2D eigenvalue weighted by Crippen LogP contribution is -2.43. The molecule has 0 radical (unpaired) electrons. The van der Waals surface area contributed by atoms with E-state index in [4.69, 9.17) is 0 Å². The van der Waals surface area contributed by atoms with Gasteiger partial charge in [-0.1, -0.05) is 6.92 Å². The predicted octanol–water partition coefficient (Wildman–Crippen LogP) is 1.61. The number of hydrogen-bond donors (Lipinski definition) is 2. The van der Waals surface area contributed by atoms with Crippen LogP contribution in [0.3, 0.4) is 0 Å². The van der Waals surface area contributed by atoms with Crippen LogP contribution in [0.4, 0.5) is 0 Å². The summed E-state index contributed by atoms with van der Waals surface area (Å²) in [7, 11) is 4.00. The number of likely N-dealkylation sites (N-methyl/N-ethyl adjacent to an activating group) is 1. The number of hydrogen-bond acceptors (Lipinski definition) is 3. The third-order valence-electron chi connectivity index (χ3n) is 4.68. The van der Waals surface area contributed by atoms with Crippen LogP contribution in [0.2, 0.25) is 0 Å². The summed E-state index contributed by atoms with van der Waals surface area (Å²) in [6.07, 6.45) is 3.90. The third kappa shape index (κ3) is 7.99. The molecule has 0 atom stereocenters. The zero-order valence-electron chi connectivity index (χ0n) is 15.4. The predicted molar refractivity (Wildman–Crippen MR) is 96.6 cm³/mol. The molecule has 1 aliphatic heterocycles. The molecule has 0 amide bonds. The van der Waals surface area contributed by atoms with Crippen LogP contribution in [-0.2, 0) is 0 Å². The Morgan fingerprint density at radius 2 is 1.86 bits per heavy atom. The van der Waals surface area contributed by atoms with Crippen molar-refractivity contribution in [3.05, 3.63) is 0 Å². The second kappa shape index (κ2) is 10.8. The van der Waals surface area contributed by atoms with E-state index in [1.807, 2.05) is 7.05 Å². The lowest BCUT2D eigenvalue weighted by molar-refractivity contribution is 0.191. The Labute approximate surface area is 137 Å². The van der Waals surface area contributed by atoms with Gasteiger partial charge in [0.1, 0.15) is 0 Å². The fourth-order valence-corrected chi connectivity index (χ4v) is 2.62. The zero-order valence-corrected chi connectivity index (χ0v) is 15.4. The number of rotatable bonds is 8. The molecule has 0 bridgehead atoms. The molecular formula is C17H37N5. The highest BCUT2D eigenvalue weighted by molar-refractivity contribution is 5.79. The lowest BCUT2D eigenvalue weighted by atomic mass is 9.99. The van der Waals surface area contributed by atoms with Gasteiger partial charge in [0.25, 0.3) is 0 Å². The molecule has 1 saturated heterocycles. The molecule has 2 N–H and O–H groups in total. The first-order valence-electron chi connectivity index (χ1n) is 8.90. The van der Waals surface area contributed by atoms with Crippen molar-refractivity contribution in [3.8, 4) is 0 Å². The Hall–Kier alpha value is -0.810. The maximum atomic E-state index is 4.29. The Morgan fingerprint density at radius 3 is 2.45 bits per heavy atom. The van der Waals surface area contributed by atoms with E-state index < -0.39 is 0 Å². The normalized spacial score (nSPS) is 18.2. The SMILES string of the molecule is CN=C(NCCCN1CCC(C)CC1)NCCN(C)C(C)C. The van der Waals surface area contributed by atoms with Gasteiger partial charge in [0.2, 0.25) is 0 Å². The minimum atomic E-state index is 0.587. The van der Waals surface area contributed by atoms with Gasteiger partial charge in [-0.3, -0.25) is 4.99 Å². The number of piperidine rings is 1. The van der Waals surface area contributed by atoms with E-state index in [9.17, 15) is 0 Å². The molecule has 1 fully saturated rings. The second-order valence-corrected chi connectivity index (χ2v) is 6.88. The second-order valence-electron chi connectivity index (χ2n) is 6.88. The van der Waals surface area contributed by atoms with Crippen LogP contribution in [0.15, 0.2) is 4.99 Å². The molecule has 5 heteroatoms. The number of guanidine groups is 1. The van der Waals surface area contributed by atoms with Crippen molar-refractivity contribution in [3.63, 3.8) is 0 Å². The van der Waals surface area contributed by atoms with Crippen LogP contribution in [0.5, 0.6) is 0 Å². The van der Waals surface area contributed by atoms with E-state index in [1.165, 1.54) is 38.9 Å². The van der Waals surface area contributed by atoms with Crippen LogP contribution in [0.1, 0.15) is 40.0 Å². The van der Waals surface area contributed by atoms with Gasteiger partial charge in [-0.15, -0.1) is 0 Å². The van der Waals surface area contributed by atoms with Gasteiger partial charge in [-0.25, -0.2) is 0 Å². The van der Waals surface area contributed by atoms with Crippen molar-refractivity contribution < 1.29 is 0 Å². The number of nitrogens with zero attached hydrogens (tertiary/aromatic N) is 3. The molecule has 1 heterocycles. The average Bonchev–Trinajstić information content (AvgIpc) is 2.51. The number of likely N-dealkylation sites (tertiary alicyclic amines) is 1. The summed E-state index contributed by atoms with van der Waals surface area (Å²) in [4.78, 5) is 9.21. The van der Waals surface area contributed by atoms with Crippen LogP contribution in [-0.4, -0.2) is 75.2 Å². The smallest absolute Gasteiger partial charge is 0.191 e. The average molecular weight is 312 g/mol. The Kier molecular flexibility index (Phi) is 9.48. The lowest BCUT2D eigenvalue weighted by Gasteiger charge is -2.30. The standard InChI is InChI=1S/C17H37N5/c1-15(2)21(5)14-10-20-17(18-4)19-9-6-11-22-12-7-16(3)8-13-22/h15-16H,6-14H2,1-5H3,(H2,18,19,20). The summed E-state index contributed by atoms with van der Waals surface area (Å²) in [5.41, 5.74) is 0. The van der Waals surface area contributed by atoms with E-state index in [-0.39, 0.29) is 0 Å². The van der Waals surface area contributed by atoms with Crippen LogP contribution >= 0.6 is 0 Å². The van der Waals surface area contributed by atoms with Crippen molar-refractivity contribution in [2.24, 2.45) is 10.9 Å². The van der Waals surface area contributed by atoms with E-state index in [2.05, 4.69) is 53.2 Å². The molecule has 1 rings (SSSR count). The largest absolute Gasteiger partial charge is 0.356 e. The first-order valence-corrected chi connectivity index (χ1v) is 8.90. The Morgan fingerprint density at radius 1 is 1.23 bits per heavy atom. The van der Waals surface area contributed by atoms with Gasteiger partial charge in [-0.2, -0.15) is 0 Å². The quantitative estimate of drug-likeness (QED) is 0.406. The molecule has 0 spiro atoms. The zero-order chi connectivity index (χ0) is 16.4. The fraction of sp³-hybridized carbons (Fsp3) is 0.941.